The number of para-hydroxylation sites is 1. The SMILES string of the molecule is Cc1ccc(C(CC(=O)c2ccc(Br)cc2)c2c[nH]c3ccccc23)cc1. The lowest BCUT2D eigenvalue weighted by Crippen LogP contribution is -2.09. The van der Waals surface area contributed by atoms with Crippen molar-refractivity contribution in [2.75, 3.05) is 0 Å². The van der Waals surface area contributed by atoms with E-state index in [9.17, 15) is 4.79 Å². The van der Waals surface area contributed by atoms with E-state index in [-0.39, 0.29) is 11.7 Å². The average molecular weight is 418 g/mol. The van der Waals surface area contributed by atoms with Crippen molar-refractivity contribution in [2.45, 2.75) is 19.3 Å². The van der Waals surface area contributed by atoms with E-state index in [0.29, 0.717) is 6.42 Å². The number of aryl methyl sites for hydroxylation is 1. The number of hydrogen-bond acceptors (Lipinski definition) is 1. The molecule has 0 radical (unpaired) electrons. The van der Waals surface area contributed by atoms with Gasteiger partial charge in [0, 0.05) is 39.5 Å². The third-order valence-corrected chi connectivity index (χ3v) is 5.56. The van der Waals surface area contributed by atoms with Crippen LogP contribution in [0.15, 0.2) is 83.5 Å². The van der Waals surface area contributed by atoms with Crippen LogP contribution in [0.3, 0.4) is 0 Å². The Morgan fingerprint density at radius 2 is 1.67 bits per heavy atom. The van der Waals surface area contributed by atoms with E-state index in [1.807, 2.05) is 42.6 Å². The predicted molar refractivity (Wildman–Crippen MR) is 114 cm³/mol. The first kappa shape index (κ1) is 17.7. The second kappa shape index (κ2) is 7.53. The Morgan fingerprint density at radius 3 is 2.41 bits per heavy atom. The van der Waals surface area contributed by atoms with E-state index in [2.05, 4.69) is 64.2 Å². The zero-order valence-corrected chi connectivity index (χ0v) is 16.7. The van der Waals surface area contributed by atoms with Gasteiger partial charge in [0.15, 0.2) is 5.78 Å². The first-order chi connectivity index (χ1) is 13.1. The molecule has 0 saturated heterocycles. The number of carbonyl (C=O) groups is 1. The normalized spacial score (nSPS) is 12.2. The number of carbonyl (C=O) groups excluding carboxylic acids is 1. The molecule has 3 heteroatoms. The summed E-state index contributed by atoms with van der Waals surface area (Å²) in [7, 11) is 0. The standard InChI is InChI=1S/C24H20BrNO/c1-16-6-8-17(9-7-16)21(14-24(27)18-10-12-19(25)13-11-18)22-15-26-23-5-3-2-4-20(22)23/h2-13,15,21,26H,14H2,1H3. The van der Waals surface area contributed by atoms with Gasteiger partial charge in [0.2, 0.25) is 0 Å². The summed E-state index contributed by atoms with van der Waals surface area (Å²) >= 11 is 3.43. The number of hydrogen-bond donors (Lipinski definition) is 1. The lowest BCUT2D eigenvalue weighted by molar-refractivity contribution is 0.0978. The zero-order chi connectivity index (χ0) is 18.8. The molecule has 0 spiro atoms. The Hall–Kier alpha value is -2.65. The average Bonchev–Trinajstić information content (AvgIpc) is 3.11. The number of ketones is 1. The van der Waals surface area contributed by atoms with Crippen molar-refractivity contribution >= 4 is 32.6 Å². The number of aromatic amines is 1. The Bertz CT molecular complexity index is 1080. The van der Waals surface area contributed by atoms with Gasteiger partial charge in [-0.15, -0.1) is 0 Å². The van der Waals surface area contributed by atoms with E-state index in [1.54, 1.807) is 0 Å². The van der Waals surface area contributed by atoms with Crippen LogP contribution in [0.4, 0.5) is 0 Å². The van der Waals surface area contributed by atoms with E-state index >= 15 is 0 Å². The van der Waals surface area contributed by atoms with Gasteiger partial charge in [-0.25, -0.2) is 0 Å². The minimum absolute atomic E-state index is 0.0119. The maximum Gasteiger partial charge on any atom is 0.163 e. The molecule has 134 valence electrons. The number of H-pyrrole nitrogens is 1. The number of rotatable bonds is 5. The van der Waals surface area contributed by atoms with Gasteiger partial charge in [-0.2, -0.15) is 0 Å². The Morgan fingerprint density at radius 1 is 0.963 bits per heavy atom. The van der Waals surface area contributed by atoms with Crippen LogP contribution in [0, 0.1) is 6.92 Å². The highest BCUT2D eigenvalue weighted by atomic mass is 79.9. The summed E-state index contributed by atoms with van der Waals surface area (Å²) in [5, 5.41) is 1.17. The molecule has 1 atom stereocenters. The van der Waals surface area contributed by atoms with E-state index < -0.39 is 0 Å². The summed E-state index contributed by atoms with van der Waals surface area (Å²) in [6.45, 7) is 2.08. The van der Waals surface area contributed by atoms with Crippen LogP contribution in [0.2, 0.25) is 0 Å². The van der Waals surface area contributed by atoms with Gasteiger partial charge in [-0.1, -0.05) is 76.1 Å². The molecule has 1 heterocycles. The molecule has 1 N–H and O–H groups in total. The highest BCUT2D eigenvalue weighted by Crippen LogP contribution is 2.34. The fourth-order valence-electron chi connectivity index (χ4n) is 3.53. The first-order valence-electron chi connectivity index (χ1n) is 9.03. The van der Waals surface area contributed by atoms with Crippen LogP contribution in [0.5, 0.6) is 0 Å². The van der Waals surface area contributed by atoms with Crippen LogP contribution < -0.4 is 0 Å². The largest absolute Gasteiger partial charge is 0.361 e. The highest BCUT2D eigenvalue weighted by Gasteiger charge is 2.22. The van der Waals surface area contributed by atoms with Gasteiger partial charge in [0.05, 0.1) is 0 Å². The molecule has 0 aliphatic carbocycles. The molecule has 0 aliphatic heterocycles. The summed E-state index contributed by atoms with van der Waals surface area (Å²) in [6.07, 6.45) is 2.48. The number of benzene rings is 3. The molecule has 4 aromatic rings. The number of nitrogens with one attached hydrogen (secondary N) is 1. The first-order valence-corrected chi connectivity index (χ1v) is 9.82. The molecule has 1 unspecified atom stereocenters. The number of Topliss-reactive ketones (excluding diaryl/α,β-unsaturated/α-hetero) is 1. The fourth-order valence-corrected chi connectivity index (χ4v) is 3.79. The molecule has 0 amide bonds. The quantitative estimate of drug-likeness (QED) is 0.362. The number of fused-ring (bicyclic) bond motifs is 1. The third kappa shape index (κ3) is 3.74. The zero-order valence-electron chi connectivity index (χ0n) is 15.1. The van der Waals surface area contributed by atoms with E-state index in [1.165, 1.54) is 16.5 Å². The molecule has 0 saturated carbocycles. The maximum absolute atomic E-state index is 13.0. The van der Waals surface area contributed by atoms with Gasteiger partial charge in [-0.3, -0.25) is 4.79 Å². The van der Waals surface area contributed by atoms with Crippen LogP contribution >= 0.6 is 15.9 Å². The van der Waals surface area contributed by atoms with Crippen LogP contribution in [-0.2, 0) is 0 Å². The summed E-state index contributed by atoms with van der Waals surface area (Å²) in [6, 6.07) is 24.4. The minimum atomic E-state index is 0.0119. The molecule has 0 bridgehead atoms. The second-order valence-corrected chi connectivity index (χ2v) is 7.80. The van der Waals surface area contributed by atoms with E-state index in [0.717, 1.165) is 21.1 Å². The van der Waals surface area contributed by atoms with Crippen molar-refractivity contribution in [3.8, 4) is 0 Å². The molecule has 1 aromatic heterocycles. The van der Waals surface area contributed by atoms with Crippen molar-refractivity contribution in [1.29, 1.82) is 0 Å². The third-order valence-electron chi connectivity index (χ3n) is 5.03. The van der Waals surface area contributed by atoms with Gasteiger partial charge >= 0.3 is 0 Å². The minimum Gasteiger partial charge on any atom is -0.361 e. The number of aromatic nitrogens is 1. The second-order valence-electron chi connectivity index (χ2n) is 6.89. The highest BCUT2D eigenvalue weighted by molar-refractivity contribution is 9.10. The van der Waals surface area contributed by atoms with Crippen LogP contribution in [0.25, 0.3) is 10.9 Å². The van der Waals surface area contributed by atoms with Gasteiger partial charge in [0.25, 0.3) is 0 Å². The topological polar surface area (TPSA) is 32.9 Å². The Kier molecular flexibility index (Phi) is 4.95. The molecule has 27 heavy (non-hydrogen) atoms. The Balaban J connectivity index is 1.75. The van der Waals surface area contributed by atoms with Gasteiger partial charge in [0.1, 0.15) is 0 Å². The molecule has 4 rings (SSSR count). The summed E-state index contributed by atoms with van der Waals surface area (Å²) in [4.78, 5) is 16.4. The van der Waals surface area contributed by atoms with Crippen molar-refractivity contribution in [1.82, 2.24) is 4.98 Å². The molecule has 3 aromatic carbocycles. The molecule has 0 aliphatic rings. The summed E-state index contributed by atoms with van der Waals surface area (Å²) in [5.41, 5.74) is 5.39. The van der Waals surface area contributed by atoms with Crippen molar-refractivity contribution in [3.63, 3.8) is 0 Å². The monoisotopic (exact) mass is 417 g/mol. The summed E-state index contributed by atoms with van der Waals surface area (Å²) in [5.74, 6) is 0.163. The van der Waals surface area contributed by atoms with Crippen molar-refractivity contribution < 1.29 is 4.79 Å². The predicted octanol–water partition coefficient (Wildman–Crippen LogP) is 6.64. The Labute approximate surface area is 167 Å². The summed E-state index contributed by atoms with van der Waals surface area (Å²) < 4.78 is 0.978. The van der Waals surface area contributed by atoms with Crippen molar-refractivity contribution in [3.05, 3.63) is 106 Å². The van der Waals surface area contributed by atoms with Crippen LogP contribution in [-0.4, -0.2) is 10.8 Å². The number of halogens is 1. The van der Waals surface area contributed by atoms with E-state index in [4.69, 9.17) is 0 Å². The molecule has 0 fully saturated rings. The smallest absolute Gasteiger partial charge is 0.163 e. The van der Waals surface area contributed by atoms with Gasteiger partial charge in [-0.05, 0) is 36.2 Å². The molecular weight excluding hydrogens is 398 g/mol. The molecular formula is C24H20BrNO. The maximum atomic E-state index is 13.0. The van der Waals surface area contributed by atoms with Crippen LogP contribution in [0.1, 0.15) is 39.4 Å². The van der Waals surface area contributed by atoms with Gasteiger partial charge < -0.3 is 4.98 Å². The fraction of sp³-hybridized carbons (Fsp3) is 0.125. The lowest BCUT2D eigenvalue weighted by atomic mass is 9.85. The lowest BCUT2D eigenvalue weighted by Gasteiger charge is -2.17. The molecule has 2 nitrogen and oxygen atoms in total. The van der Waals surface area contributed by atoms with Crippen molar-refractivity contribution in [2.24, 2.45) is 0 Å².